The summed E-state index contributed by atoms with van der Waals surface area (Å²) in [5.41, 5.74) is 0. The first-order valence-corrected chi connectivity index (χ1v) is 5.09. The number of aliphatic imine (C=N–C) groups is 1. The minimum absolute atomic E-state index is 0.0666. The van der Waals surface area contributed by atoms with Crippen molar-refractivity contribution in [2.75, 3.05) is 5.75 Å². The van der Waals surface area contributed by atoms with Gasteiger partial charge in [-0.15, -0.1) is 11.8 Å². The first-order valence-electron chi connectivity index (χ1n) is 4.10. The number of amides is 1. The molecule has 0 aromatic heterocycles. The lowest BCUT2D eigenvalue weighted by molar-refractivity contribution is -0.115. The Hall–Kier alpha value is -0.310. The van der Waals surface area contributed by atoms with Crippen LogP contribution < -0.4 is 0 Å². The van der Waals surface area contributed by atoms with Crippen molar-refractivity contribution < 1.29 is 4.79 Å². The third kappa shape index (κ3) is 1.48. The van der Waals surface area contributed by atoms with Crippen molar-refractivity contribution in [1.82, 2.24) is 0 Å². The molecule has 1 heterocycles. The van der Waals surface area contributed by atoms with E-state index in [-0.39, 0.29) is 5.91 Å². The summed E-state index contributed by atoms with van der Waals surface area (Å²) in [5.74, 6) is 1.29. The summed E-state index contributed by atoms with van der Waals surface area (Å²) in [5, 5.41) is 1.12. The van der Waals surface area contributed by atoms with E-state index in [9.17, 15) is 4.79 Å². The second-order valence-electron chi connectivity index (χ2n) is 3.11. The first kappa shape index (κ1) is 7.35. The number of hydrogen-bond donors (Lipinski definition) is 0. The zero-order valence-electron chi connectivity index (χ0n) is 6.38. The van der Waals surface area contributed by atoms with Crippen molar-refractivity contribution in [3.63, 3.8) is 0 Å². The lowest BCUT2D eigenvalue weighted by Gasteiger charge is -2.04. The molecular formula is C8H11NOS. The summed E-state index contributed by atoms with van der Waals surface area (Å²) >= 11 is 1.65. The van der Waals surface area contributed by atoms with Crippen LogP contribution in [0, 0.1) is 5.92 Å². The van der Waals surface area contributed by atoms with Gasteiger partial charge in [0, 0.05) is 5.92 Å². The maximum absolute atomic E-state index is 10.8. The van der Waals surface area contributed by atoms with Gasteiger partial charge in [0.1, 0.15) is 0 Å². The van der Waals surface area contributed by atoms with E-state index < -0.39 is 0 Å². The van der Waals surface area contributed by atoms with Crippen LogP contribution in [0.25, 0.3) is 0 Å². The van der Waals surface area contributed by atoms with Crippen LogP contribution in [-0.4, -0.2) is 16.7 Å². The Morgan fingerprint density at radius 3 is 2.64 bits per heavy atom. The van der Waals surface area contributed by atoms with E-state index in [2.05, 4.69) is 4.99 Å². The van der Waals surface area contributed by atoms with Crippen LogP contribution in [0.5, 0.6) is 0 Å². The highest BCUT2D eigenvalue weighted by Gasteiger charge is 2.25. The van der Waals surface area contributed by atoms with Crippen molar-refractivity contribution in [3.8, 4) is 0 Å². The van der Waals surface area contributed by atoms with Crippen LogP contribution in [-0.2, 0) is 4.79 Å². The van der Waals surface area contributed by atoms with Gasteiger partial charge in [-0.25, -0.2) is 4.99 Å². The minimum Gasteiger partial charge on any atom is -0.272 e. The largest absolute Gasteiger partial charge is 0.272 e. The SMILES string of the molecule is O=C1CSC(C2CCCC2)=N1. The predicted molar refractivity (Wildman–Crippen MR) is 46.9 cm³/mol. The van der Waals surface area contributed by atoms with E-state index in [4.69, 9.17) is 0 Å². The second kappa shape index (κ2) is 2.97. The topological polar surface area (TPSA) is 29.4 Å². The van der Waals surface area contributed by atoms with E-state index in [1.165, 1.54) is 25.7 Å². The highest BCUT2D eigenvalue weighted by Crippen LogP contribution is 2.32. The van der Waals surface area contributed by atoms with Crippen LogP contribution in [0.15, 0.2) is 4.99 Å². The van der Waals surface area contributed by atoms with Gasteiger partial charge in [0.25, 0.3) is 5.91 Å². The normalized spacial score (nSPS) is 26.2. The van der Waals surface area contributed by atoms with Gasteiger partial charge in [-0.1, -0.05) is 12.8 Å². The smallest absolute Gasteiger partial charge is 0.256 e. The molecule has 1 fully saturated rings. The number of thioether (sulfide) groups is 1. The second-order valence-corrected chi connectivity index (χ2v) is 4.11. The standard InChI is InChI=1S/C8H11NOS/c10-7-5-11-8(9-7)6-3-1-2-4-6/h6H,1-5H2. The minimum atomic E-state index is 0.0666. The van der Waals surface area contributed by atoms with Gasteiger partial charge in [-0.2, -0.15) is 0 Å². The Morgan fingerprint density at radius 1 is 1.36 bits per heavy atom. The van der Waals surface area contributed by atoms with E-state index in [1.54, 1.807) is 11.8 Å². The fourth-order valence-electron chi connectivity index (χ4n) is 1.71. The number of hydrogen-bond acceptors (Lipinski definition) is 2. The Morgan fingerprint density at radius 2 is 2.09 bits per heavy atom. The lowest BCUT2D eigenvalue weighted by Crippen LogP contribution is -2.03. The molecule has 0 bridgehead atoms. The van der Waals surface area contributed by atoms with Gasteiger partial charge >= 0.3 is 0 Å². The van der Waals surface area contributed by atoms with Crippen molar-refractivity contribution in [2.24, 2.45) is 10.9 Å². The molecule has 1 aliphatic carbocycles. The number of carbonyl (C=O) groups is 1. The molecule has 1 aliphatic heterocycles. The third-order valence-electron chi connectivity index (χ3n) is 2.28. The Kier molecular flexibility index (Phi) is 1.98. The molecule has 1 saturated carbocycles. The van der Waals surface area contributed by atoms with Crippen LogP contribution in [0.4, 0.5) is 0 Å². The van der Waals surface area contributed by atoms with Crippen LogP contribution >= 0.6 is 11.8 Å². The number of carbonyl (C=O) groups excluding carboxylic acids is 1. The van der Waals surface area contributed by atoms with Gasteiger partial charge < -0.3 is 0 Å². The lowest BCUT2D eigenvalue weighted by atomic mass is 10.1. The Balaban J connectivity index is 2.04. The maximum Gasteiger partial charge on any atom is 0.256 e. The molecule has 0 saturated heterocycles. The number of nitrogens with zero attached hydrogens (tertiary/aromatic N) is 1. The van der Waals surface area contributed by atoms with Gasteiger partial charge in [-0.05, 0) is 12.8 Å². The van der Waals surface area contributed by atoms with Crippen molar-refractivity contribution in [3.05, 3.63) is 0 Å². The average molecular weight is 169 g/mol. The first-order chi connectivity index (χ1) is 5.36. The Bertz CT molecular complexity index is 206. The molecule has 0 aromatic rings. The maximum atomic E-state index is 10.8. The van der Waals surface area contributed by atoms with Crippen molar-refractivity contribution in [2.45, 2.75) is 25.7 Å². The molecular weight excluding hydrogens is 158 g/mol. The van der Waals surface area contributed by atoms with Gasteiger partial charge in [0.05, 0.1) is 10.8 Å². The quantitative estimate of drug-likeness (QED) is 0.599. The summed E-state index contributed by atoms with van der Waals surface area (Å²) in [6, 6.07) is 0. The molecule has 0 unspecified atom stereocenters. The fourth-order valence-corrected chi connectivity index (χ4v) is 2.68. The molecule has 3 heteroatoms. The zero-order valence-corrected chi connectivity index (χ0v) is 7.19. The van der Waals surface area contributed by atoms with Crippen molar-refractivity contribution in [1.29, 1.82) is 0 Å². The highest BCUT2D eigenvalue weighted by atomic mass is 32.2. The van der Waals surface area contributed by atoms with Gasteiger partial charge in [0.15, 0.2) is 0 Å². The van der Waals surface area contributed by atoms with E-state index in [0.717, 1.165) is 5.04 Å². The molecule has 60 valence electrons. The summed E-state index contributed by atoms with van der Waals surface area (Å²) in [7, 11) is 0. The highest BCUT2D eigenvalue weighted by molar-refractivity contribution is 8.15. The molecule has 0 aromatic carbocycles. The molecule has 0 spiro atoms. The summed E-state index contributed by atoms with van der Waals surface area (Å²) in [6.07, 6.45) is 5.13. The zero-order chi connectivity index (χ0) is 7.68. The van der Waals surface area contributed by atoms with Gasteiger partial charge in [-0.3, -0.25) is 4.79 Å². The summed E-state index contributed by atoms with van der Waals surface area (Å²) in [6.45, 7) is 0. The number of rotatable bonds is 1. The van der Waals surface area contributed by atoms with Crippen molar-refractivity contribution >= 4 is 22.7 Å². The van der Waals surface area contributed by atoms with E-state index >= 15 is 0 Å². The van der Waals surface area contributed by atoms with Crippen LogP contribution in [0.1, 0.15) is 25.7 Å². The molecule has 11 heavy (non-hydrogen) atoms. The van der Waals surface area contributed by atoms with E-state index in [0.29, 0.717) is 11.7 Å². The molecule has 0 radical (unpaired) electrons. The molecule has 1 amide bonds. The molecule has 2 nitrogen and oxygen atoms in total. The Labute approximate surface area is 70.5 Å². The summed E-state index contributed by atoms with van der Waals surface area (Å²) < 4.78 is 0. The molecule has 2 aliphatic rings. The third-order valence-corrected chi connectivity index (χ3v) is 3.39. The van der Waals surface area contributed by atoms with Gasteiger partial charge in [0.2, 0.25) is 0 Å². The predicted octanol–water partition coefficient (Wildman–Crippen LogP) is 1.85. The molecule has 0 atom stereocenters. The van der Waals surface area contributed by atoms with Crippen LogP contribution in [0.3, 0.4) is 0 Å². The van der Waals surface area contributed by atoms with Crippen LogP contribution in [0.2, 0.25) is 0 Å². The molecule has 0 N–H and O–H groups in total. The summed E-state index contributed by atoms with van der Waals surface area (Å²) in [4.78, 5) is 14.8. The fraction of sp³-hybridized carbons (Fsp3) is 0.750. The monoisotopic (exact) mass is 169 g/mol. The average Bonchev–Trinajstić information content (AvgIpc) is 2.55. The molecule has 2 rings (SSSR count). The van der Waals surface area contributed by atoms with E-state index in [1.807, 2.05) is 0 Å².